The van der Waals surface area contributed by atoms with E-state index in [2.05, 4.69) is 21.9 Å². The van der Waals surface area contributed by atoms with E-state index >= 15 is 0 Å². The maximum atomic E-state index is 12.5. The van der Waals surface area contributed by atoms with Gasteiger partial charge in [0, 0.05) is 36.3 Å². The Kier molecular flexibility index (Phi) is 7.80. The summed E-state index contributed by atoms with van der Waals surface area (Å²) in [6, 6.07) is 9.44. The third-order valence-electron chi connectivity index (χ3n) is 5.22. The average molecular weight is 452 g/mol. The number of nitrogens with one attached hydrogen (secondary N) is 2. The van der Waals surface area contributed by atoms with Gasteiger partial charge in [-0.25, -0.2) is 0 Å². The summed E-state index contributed by atoms with van der Waals surface area (Å²) in [4.78, 5) is 24.7. The van der Waals surface area contributed by atoms with E-state index in [-0.39, 0.29) is 23.0 Å². The minimum absolute atomic E-state index is 0.107. The Hall–Kier alpha value is -2.03. The quantitative estimate of drug-likeness (QED) is 0.637. The Balaban J connectivity index is 1.51. The van der Waals surface area contributed by atoms with Crippen LogP contribution in [0.4, 0.5) is 5.82 Å². The van der Waals surface area contributed by atoms with E-state index in [0.717, 1.165) is 18.4 Å². The van der Waals surface area contributed by atoms with Crippen molar-refractivity contribution in [3.63, 3.8) is 0 Å². The highest BCUT2D eigenvalue weighted by Crippen LogP contribution is 2.35. The predicted octanol–water partition coefficient (Wildman–Crippen LogP) is 3.56. The first-order valence-electron chi connectivity index (χ1n) is 9.84. The van der Waals surface area contributed by atoms with Gasteiger partial charge in [-0.2, -0.15) is 0 Å². The van der Waals surface area contributed by atoms with E-state index in [1.807, 2.05) is 18.2 Å². The van der Waals surface area contributed by atoms with E-state index in [4.69, 9.17) is 20.9 Å². The first kappa shape index (κ1) is 22.7. The number of thioether (sulfide) groups is 1. The SMILES string of the molecule is Cc1cc(NC(=O)C(C)SCC(=O)NCC2(c3cccc(Cl)c3)CCOCC2)no1. The number of hydrogen-bond donors (Lipinski definition) is 2. The van der Waals surface area contributed by atoms with Crippen molar-refractivity contribution in [1.82, 2.24) is 10.5 Å². The van der Waals surface area contributed by atoms with Gasteiger partial charge in [0.15, 0.2) is 5.82 Å². The zero-order valence-electron chi connectivity index (χ0n) is 17.1. The molecule has 7 nitrogen and oxygen atoms in total. The first-order valence-corrected chi connectivity index (χ1v) is 11.3. The zero-order chi connectivity index (χ0) is 21.6. The summed E-state index contributed by atoms with van der Waals surface area (Å²) in [5.41, 5.74) is 0.916. The second kappa shape index (κ2) is 10.3. The molecule has 1 saturated heterocycles. The molecule has 9 heteroatoms. The number of hydrogen-bond acceptors (Lipinski definition) is 6. The van der Waals surface area contributed by atoms with Crippen molar-refractivity contribution in [2.45, 2.75) is 37.4 Å². The minimum Gasteiger partial charge on any atom is -0.381 e. The van der Waals surface area contributed by atoms with Gasteiger partial charge in [0.1, 0.15) is 5.76 Å². The fourth-order valence-electron chi connectivity index (χ4n) is 3.40. The van der Waals surface area contributed by atoms with E-state index in [1.54, 1.807) is 19.9 Å². The molecule has 0 spiro atoms. The summed E-state index contributed by atoms with van der Waals surface area (Å²) in [6.45, 7) is 5.31. The van der Waals surface area contributed by atoms with Gasteiger partial charge in [-0.1, -0.05) is 28.9 Å². The van der Waals surface area contributed by atoms with Gasteiger partial charge in [0.25, 0.3) is 0 Å². The number of aromatic nitrogens is 1. The van der Waals surface area contributed by atoms with Crippen LogP contribution in [0.5, 0.6) is 0 Å². The number of anilines is 1. The lowest BCUT2D eigenvalue weighted by molar-refractivity contribution is -0.119. The third kappa shape index (κ3) is 6.00. The lowest BCUT2D eigenvalue weighted by atomic mass is 9.74. The number of benzene rings is 1. The lowest BCUT2D eigenvalue weighted by Gasteiger charge is -2.38. The van der Waals surface area contributed by atoms with Crippen molar-refractivity contribution in [3.05, 3.63) is 46.7 Å². The molecule has 1 atom stereocenters. The minimum atomic E-state index is -0.405. The molecule has 0 aliphatic carbocycles. The van der Waals surface area contributed by atoms with E-state index in [9.17, 15) is 9.59 Å². The molecule has 0 saturated carbocycles. The highest BCUT2D eigenvalue weighted by Gasteiger charge is 2.35. The second-order valence-electron chi connectivity index (χ2n) is 7.45. The molecular formula is C21H26ClN3O4S. The second-order valence-corrected chi connectivity index (χ2v) is 9.21. The van der Waals surface area contributed by atoms with Crippen LogP contribution in [0.25, 0.3) is 0 Å². The number of halogens is 1. The average Bonchev–Trinajstić information content (AvgIpc) is 3.15. The Bertz CT molecular complexity index is 883. The van der Waals surface area contributed by atoms with Crippen molar-refractivity contribution < 1.29 is 18.8 Å². The Morgan fingerprint density at radius 3 is 2.73 bits per heavy atom. The lowest BCUT2D eigenvalue weighted by Crippen LogP contribution is -2.45. The van der Waals surface area contributed by atoms with Crippen LogP contribution in [0.1, 0.15) is 31.1 Å². The van der Waals surface area contributed by atoms with Gasteiger partial charge in [-0.3, -0.25) is 9.59 Å². The van der Waals surface area contributed by atoms with Crippen molar-refractivity contribution in [2.24, 2.45) is 0 Å². The number of nitrogens with zero attached hydrogens (tertiary/aromatic N) is 1. The highest BCUT2D eigenvalue weighted by atomic mass is 35.5. The first-order chi connectivity index (χ1) is 14.4. The number of rotatable bonds is 8. The van der Waals surface area contributed by atoms with Crippen molar-refractivity contribution in [1.29, 1.82) is 0 Å². The molecule has 2 aromatic rings. The monoisotopic (exact) mass is 451 g/mol. The van der Waals surface area contributed by atoms with Gasteiger partial charge in [0.2, 0.25) is 11.8 Å². The summed E-state index contributed by atoms with van der Waals surface area (Å²) in [5.74, 6) is 0.851. The normalized spacial score (nSPS) is 16.6. The molecule has 1 fully saturated rings. The Labute approximate surface area is 185 Å². The van der Waals surface area contributed by atoms with Gasteiger partial charge < -0.3 is 19.9 Å². The van der Waals surface area contributed by atoms with Gasteiger partial charge in [-0.15, -0.1) is 11.8 Å². The van der Waals surface area contributed by atoms with Crippen LogP contribution < -0.4 is 10.6 Å². The molecular weight excluding hydrogens is 426 g/mol. The summed E-state index contributed by atoms with van der Waals surface area (Å²) >= 11 is 7.47. The number of carbonyl (C=O) groups is 2. The molecule has 1 aliphatic rings. The summed E-state index contributed by atoms with van der Waals surface area (Å²) in [7, 11) is 0. The highest BCUT2D eigenvalue weighted by molar-refractivity contribution is 8.01. The number of carbonyl (C=O) groups excluding carboxylic acids is 2. The molecule has 1 aromatic carbocycles. The molecule has 3 rings (SSSR count). The van der Waals surface area contributed by atoms with Gasteiger partial charge in [-0.05, 0) is 44.4 Å². The molecule has 0 bridgehead atoms. The van der Waals surface area contributed by atoms with Crippen LogP contribution >= 0.6 is 23.4 Å². The van der Waals surface area contributed by atoms with E-state index in [1.165, 1.54) is 11.8 Å². The van der Waals surface area contributed by atoms with E-state index in [0.29, 0.717) is 36.4 Å². The molecule has 1 aliphatic heterocycles. The molecule has 1 unspecified atom stereocenters. The largest absolute Gasteiger partial charge is 0.381 e. The third-order valence-corrected chi connectivity index (χ3v) is 6.60. The fourth-order valence-corrected chi connectivity index (χ4v) is 4.30. The summed E-state index contributed by atoms with van der Waals surface area (Å²) < 4.78 is 10.5. The maximum absolute atomic E-state index is 12.5. The van der Waals surface area contributed by atoms with E-state index < -0.39 is 5.25 Å². The number of ether oxygens (including phenoxy) is 1. The van der Waals surface area contributed by atoms with Crippen molar-refractivity contribution >= 4 is 41.0 Å². The van der Waals surface area contributed by atoms with Crippen molar-refractivity contribution in [2.75, 3.05) is 30.8 Å². The number of aryl methyl sites for hydroxylation is 1. The summed E-state index contributed by atoms with van der Waals surface area (Å²) in [6.07, 6.45) is 1.63. The molecule has 30 heavy (non-hydrogen) atoms. The molecule has 0 radical (unpaired) electrons. The molecule has 1 aromatic heterocycles. The molecule has 162 valence electrons. The van der Waals surface area contributed by atoms with Crippen LogP contribution in [0.15, 0.2) is 34.9 Å². The zero-order valence-corrected chi connectivity index (χ0v) is 18.6. The van der Waals surface area contributed by atoms with Crippen LogP contribution in [-0.4, -0.2) is 47.7 Å². The Morgan fingerprint density at radius 1 is 1.30 bits per heavy atom. The molecule has 2 N–H and O–H groups in total. The van der Waals surface area contributed by atoms with Crippen molar-refractivity contribution in [3.8, 4) is 0 Å². The van der Waals surface area contributed by atoms with Crippen LogP contribution in [0.3, 0.4) is 0 Å². The predicted molar refractivity (Wildman–Crippen MR) is 118 cm³/mol. The Morgan fingerprint density at radius 2 is 2.07 bits per heavy atom. The van der Waals surface area contributed by atoms with Crippen LogP contribution in [0, 0.1) is 6.92 Å². The fraction of sp³-hybridized carbons (Fsp3) is 0.476. The topological polar surface area (TPSA) is 93.5 Å². The summed E-state index contributed by atoms with van der Waals surface area (Å²) in [5, 5.41) is 9.74. The smallest absolute Gasteiger partial charge is 0.238 e. The standard InChI is InChI=1S/C21H26ClN3O4S/c1-14-10-18(25-29-14)24-20(27)15(2)30-12-19(26)23-13-21(6-8-28-9-7-21)16-4-3-5-17(22)11-16/h3-5,10-11,15H,6-9,12-13H2,1-2H3,(H,23,26)(H,24,25,27). The molecule has 2 heterocycles. The van der Waals surface area contributed by atoms with Crippen LogP contribution in [-0.2, 0) is 19.7 Å². The molecule has 2 amide bonds. The van der Waals surface area contributed by atoms with Gasteiger partial charge >= 0.3 is 0 Å². The maximum Gasteiger partial charge on any atom is 0.238 e. The van der Waals surface area contributed by atoms with Gasteiger partial charge in [0.05, 0.1) is 11.0 Å². The van der Waals surface area contributed by atoms with Crippen LogP contribution in [0.2, 0.25) is 5.02 Å². The number of amides is 2.